The number of hydrogen-bond acceptors (Lipinski definition) is 1. The van der Waals surface area contributed by atoms with Gasteiger partial charge in [-0.2, -0.15) is 0 Å². The summed E-state index contributed by atoms with van der Waals surface area (Å²) in [6.07, 6.45) is 2.76. The number of carbonyl (C=O) groups excluding carboxylic acids is 1. The minimum absolute atomic E-state index is 0.0235. The fraction of sp³-hybridized carbons (Fsp3) is 0.286. The van der Waals surface area contributed by atoms with Gasteiger partial charge in [-0.1, -0.05) is 75.4 Å². The van der Waals surface area contributed by atoms with Crippen molar-refractivity contribution in [1.29, 1.82) is 0 Å². The Morgan fingerprint density at radius 1 is 1.09 bits per heavy atom. The van der Waals surface area contributed by atoms with Crippen molar-refractivity contribution in [2.45, 2.75) is 33.1 Å². The summed E-state index contributed by atoms with van der Waals surface area (Å²) in [5, 5.41) is 3.09. The Balaban J connectivity index is 2.41. The zero-order valence-corrected chi connectivity index (χ0v) is 14.2. The van der Waals surface area contributed by atoms with Gasteiger partial charge in [0.15, 0.2) is 0 Å². The molecule has 2 heteroatoms. The van der Waals surface area contributed by atoms with E-state index in [1.54, 1.807) is 0 Å². The molecule has 1 amide bonds. The highest BCUT2D eigenvalue weighted by atomic mass is 16.2. The van der Waals surface area contributed by atoms with Gasteiger partial charge in [0.2, 0.25) is 5.91 Å². The molecule has 0 aliphatic heterocycles. The van der Waals surface area contributed by atoms with Gasteiger partial charge < -0.3 is 5.32 Å². The van der Waals surface area contributed by atoms with Crippen LogP contribution in [0.15, 0.2) is 67.3 Å². The van der Waals surface area contributed by atoms with Crippen LogP contribution >= 0.6 is 0 Å². The second kappa shape index (κ2) is 7.28. The van der Waals surface area contributed by atoms with E-state index in [0.717, 1.165) is 17.7 Å². The number of hydrogen-bond donors (Lipinski definition) is 1. The predicted molar refractivity (Wildman–Crippen MR) is 97.6 cm³/mol. The summed E-state index contributed by atoms with van der Waals surface area (Å²) >= 11 is 0. The molecule has 2 nitrogen and oxygen atoms in total. The number of rotatable bonds is 5. The Labute approximate surface area is 139 Å². The number of allylic oxidation sites excluding steroid dienone is 1. The minimum atomic E-state index is -0.423. The highest BCUT2D eigenvalue weighted by molar-refractivity contribution is 5.95. The normalized spacial score (nSPS) is 12.5. The van der Waals surface area contributed by atoms with Crippen LogP contribution in [0.2, 0.25) is 0 Å². The molecule has 120 valence electrons. The summed E-state index contributed by atoms with van der Waals surface area (Å²) in [6.45, 7) is 9.65. The fourth-order valence-electron chi connectivity index (χ4n) is 2.52. The average Bonchev–Trinajstić information content (AvgIpc) is 2.53. The Bertz CT molecular complexity index is 668. The summed E-state index contributed by atoms with van der Waals surface area (Å²) in [6, 6.07) is 18.4. The zero-order valence-electron chi connectivity index (χ0n) is 14.2. The number of carbonyl (C=O) groups is 1. The van der Waals surface area contributed by atoms with Crippen LogP contribution in [-0.2, 0) is 4.79 Å². The maximum Gasteiger partial charge on any atom is 0.229 e. The van der Waals surface area contributed by atoms with E-state index in [2.05, 4.69) is 30.1 Å². The smallest absolute Gasteiger partial charge is 0.229 e. The topological polar surface area (TPSA) is 29.1 Å². The molecule has 0 aliphatic carbocycles. The minimum Gasteiger partial charge on any atom is -0.325 e. The van der Waals surface area contributed by atoms with Gasteiger partial charge in [0, 0.05) is 17.0 Å². The van der Waals surface area contributed by atoms with Gasteiger partial charge >= 0.3 is 0 Å². The van der Waals surface area contributed by atoms with Crippen molar-refractivity contribution in [2.24, 2.45) is 5.41 Å². The van der Waals surface area contributed by atoms with Gasteiger partial charge in [-0.25, -0.2) is 0 Å². The molecule has 0 bridgehead atoms. The molecule has 0 aliphatic rings. The maximum absolute atomic E-state index is 12.4. The third kappa shape index (κ3) is 4.32. The SMILES string of the molecule is C=CCC(c1ccccc1)c1ccccc1NC(=O)C(C)(C)C. The molecule has 23 heavy (non-hydrogen) atoms. The van der Waals surface area contributed by atoms with E-state index in [0.29, 0.717) is 0 Å². The lowest BCUT2D eigenvalue weighted by atomic mass is 9.87. The first-order valence-electron chi connectivity index (χ1n) is 7.99. The summed E-state index contributed by atoms with van der Waals surface area (Å²) < 4.78 is 0. The Morgan fingerprint density at radius 3 is 2.30 bits per heavy atom. The van der Waals surface area contributed by atoms with Crippen LogP contribution < -0.4 is 5.32 Å². The third-order valence-corrected chi connectivity index (χ3v) is 3.87. The molecule has 0 saturated carbocycles. The van der Waals surface area contributed by atoms with Crippen molar-refractivity contribution in [3.8, 4) is 0 Å². The van der Waals surface area contributed by atoms with E-state index in [4.69, 9.17) is 0 Å². The highest BCUT2D eigenvalue weighted by Gasteiger charge is 2.23. The molecular formula is C21H25NO. The predicted octanol–water partition coefficient (Wildman–Crippen LogP) is 5.38. The van der Waals surface area contributed by atoms with Crippen molar-refractivity contribution in [1.82, 2.24) is 0 Å². The maximum atomic E-state index is 12.4. The summed E-state index contributed by atoms with van der Waals surface area (Å²) in [5.41, 5.74) is 2.80. The van der Waals surface area contributed by atoms with Gasteiger partial charge in [0.05, 0.1) is 0 Å². The number of anilines is 1. The first-order valence-corrected chi connectivity index (χ1v) is 7.99. The molecule has 1 atom stereocenters. The monoisotopic (exact) mass is 307 g/mol. The van der Waals surface area contributed by atoms with E-state index >= 15 is 0 Å². The van der Waals surface area contributed by atoms with Crippen LogP contribution in [-0.4, -0.2) is 5.91 Å². The summed E-state index contributed by atoms with van der Waals surface area (Å²) in [7, 11) is 0. The number of nitrogens with one attached hydrogen (secondary N) is 1. The van der Waals surface area contributed by atoms with Crippen molar-refractivity contribution in [3.63, 3.8) is 0 Å². The van der Waals surface area contributed by atoms with Crippen molar-refractivity contribution >= 4 is 11.6 Å². The molecule has 0 spiro atoms. The van der Waals surface area contributed by atoms with Crippen LogP contribution in [0.4, 0.5) is 5.69 Å². The quantitative estimate of drug-likeness (QED) is 0.738. The molecular weight excluding hydrogens is 282 g/mol. The van der Waals surface area contributed by atoms with Gasteiger partial charge in [-0.05, 0) is 23.6 Å². The first-order chi connectivity index (χ1) is 10.9. The van der Waals surface area contributed by atoms with Crippen LogP contribution in [0.5, 0.6) is 0 Å². The van der Waals surface area contributed by atoms with Gasteiger partial charge in [0.25, 0.3) is 0 Å². The molecule has 0 heterocycles. The molecule has 1 unspecified atom stereocenters. The Hall–Kier alpha value is -2.35. The van der Waals surface area contributed by atoms with E-state index in [-0.39, 0.29) is 11.8 Å². The molecule has 0 radical (unpaired) electrons. The molecule has 0 fully saturated rings. The molecule has 0 saturated heterocycles. The molecule has 2 rings (SSSR count). The Morgan fingerprint density at radius 2 is 1.70 bits per heavy atom. The van der Waals surface area contributed by atoms with E-state index in [9.17, 15) is 4.79 Å². The van der Waals surface area contributed by atoms with E-state index < -0.39 is 5.41 Å². The standard InChI is InChI=1S/C21H25NO/c1-5-11-17(16-12-7-6-8-13-16)18-14-9-10-15-19(18)22-20(23)21(2,3)4/h5-10,12-15,17H,1,11H2,2-4H3,(H,22,23). The molecule has 2 aromatic carbocycles. The van der Waals surface area contributed by atoms with Crippen molar-refractivity contribution < 1.29 is 4.79 Å². The average molecular weight is 307 g/mol. The zero-order chi connectivity index (χ0) is 16.9. The number of benzene rings is 2. The van der Waals surface area contributed by atoms with Crippen LogP contribution in [0, 0.1) is 5.41 Å². The Kier molecular flexibility index (Phi) is 5.38. The largest absolute Gasteiger partial charge is 0.325 e. The lowest BCUT2D eigenvalue weighted by Crippen LogP contribution is -2.28. The lowest BCUT2D eigenvalue weighted by Gasteiger charge is -2.23. The van der Waals surface area contributed by atoms with Crippen LogP contribution in [0.3, 0.4) is 0 Å². The lowest BCUT2D eigenvalue weighted by molar-refractivity contribution is -0.123. The van der Waals surface area contributed by atoms with Gasteiger partial charge in [0.1, 0.15) is 0 Å². The van der Waals surface area contributed by atoms with Gasteiger partial charge in [-0.15, -0.1) is 6.58 Å². The first kappa shape index (κ1) is 17.0. The van der Waals surface area contributed by atoms with Crippen LogP contribution in [0.1, 0.15) is 44.2 Å². The fourth-order valence-corrected chi connectivity index (χ4v) is 2.52. The van der Waals surface area contributed by atoms with E-state index in [1.807, 2.05) is 63.2 Å². The van der Waals surface area contributed by atoms with Crippen LogP contribution in [0.25, 0.3) is 0 Å². The third-order valence-electron chi connectivity index (χ3n) is 3.87. The molecule has 0 aromatic heterocycles. The second-order valence-corrected chi connectivity index (χ2v) is 6.78. The number of amides is 1. The number of para-hydroxylation sites is 1. The van der Waals surface area contributed by atoms with E-state index in [1.165, 1.54) is 5.56 Å². The second-order valence-electron chi connectivity index (χ2n) is 6.78. The van der Waals surface area contributed by atoms with Crippen molar-refractivity contribution in [2.75, 3.05) is 5.32 Å². The summed E-state index contributed by atoms with van der Waals surface area (Å²) in [5.74, 6) is 0.209. The van der Waals surface area contributed by atoms with Gasteiger partial charge in [-0.3, -0.25) is 4.79 Å². The van der Waals surface area contributed by atoms with Crippen molar-refractivity contribution in [3.05, 3.63) is 78.4 Å². The molecule has 2 aromatic rings. The molecule has 1 N–H and O–H groups in total. The summed E-state index contributed by atoms with van der Waals surface area (Å²) in [4.78, 5) is 12.4. The highest BCUT2D eigenvalue weighted by Crippen LogP contribution is 2.34.